The highest BCUT2D eigenvalue weighted by molar-refractivity contribution is 7.15. The largest absolute Gasteiger partial charge is 0.372 e. The average Bonchev–Trinajstić information content (AvgIpc) is 2.99. The Labute approximate surface area is 120 Å². The van der Waals surface area contributed by atoms with Gasteiger partial charge in [0.15, 0.2) is 0 Å². The van der Waals surface area contributed by atoms with Crippen molar-refractivity contribution in [3.8, 4) is 0 Å². The molecule has 0 bridgehead atoms. The Morgan fingerprint density at radius 1 is 1.43 bits per heavy atom. The molecular weight excluding hydrogens is 302 g/mol. The quantitative estimate of drug-likeness (QED) is 0.593. The number of nitrogens with one attached hydrogen (secondary N) is 1. The van der Waals surface area contributed by atoms with Crippen LogP contribution in [-0.4, -0.2) is 14.3 Å². The van der Waals surface area contributed by atoms with E-state index in [1.54, 1.807) is 5.38 Å². The molecule has 3 aromatic rings. The van der Waals surface area contributed by atoms with Crippen LogP contribution in [0.1, 0.15) is 5.56 Å². The Hall–Kier alpha value is -2.55. The summed E-state index contributed by atoms with van der Waals surface area (Å²) in [6.45, 7) is -0.102. The van der Waals surface area contributed by atoms with Crippen molar-refractivity contribution >= 4 is 27.9 Å². The van der Waals surface area contributed by atoms with E-state index in [1.165, 1.54) is 21.9 Å². The van der Waals surface area contributed by atoms with Gasteiger partial charge in [-0.15, -0.1) is 0 Å². The summed E-state index contributed by atoms with van der Waals surface area (Å²) < 4.78 is 27.9. The van der Waals surface area contributed by atoms with Gasteiger partial charge in [0, 0.05) is 17.5 Å². The second kappa shape index (κ2) is 5.09. The summed E-state index contributed by atoms with van der Waals surface area (Å²) in [5, 5.41) is 15.5. The molecule has 2 heterocycles. The topological polar surface area (TPSA) is 72.5 Å². The predicted molar refractivity (Wildman–Crippen MR) is 73.4 cm³/mol. The third-order valence-corrected chi connectivity index (χ3v) is 3.62. The molecule has 0 amide bonds. The van der Waals surface area contributed by atoms with Crippen LogP contribution in [0.25, 0.3) is 4.96 Å². The summed E-state index contributed by atoms with van der Waals surface area (Å²) in [6, 6.07) is 3.05. The SMILES string of the molecule is O=[N+]([O-])c1c(NCc2cc(F)ccc2F)nc2sccn12. The van der Waals surface area contributed by atoms with Crippen LogP contribution in [0, 0.1) is 21.7 Å². The molecule has 0 spiro atoms. The van der Waals surface area contributed by atoms with Crippen LogP contribution >= 0.6 is 11.3 Å². The second-order valence-corrected chi connectivity index (χ2v) is 5.06. The van der Waals surface area contributed by atoms with Crippen LogP contribution in [0.15, 0.2) is 29.8 Å². The van der Waals surface area contributed by atoms with E-state index in [-0.39, 0.29) is 23.7 Å². The van der Waals surface area contributed by atoms with E-state index < -0.39 is 16.6 Å². The third-order valence-electron chi connectivity index (χ3n) is 2.86. The molecular formula is C12H8F2N4O2S. The maximum Gasteiger partial charge on any atom is 0.372 e. The van der Waals surface area contributed by atoms with Gasteiger partial charge < -0.3 is 15.4 Å². The molecule has 0 radical (unpaired) electrons. The molecule has 0 saturated heterocycles. The Kier molecular flexibility index (Phi) is 3.26. The smallest absolute Gasteiger partial charge is 0.359 e. The van der Waals surface area contributed by atoms with E-state index in [4.69, 9.17) is 0 Å². The van der Waals surface area contributed by atoms with Crippen molar-refractivity contribution in [1.29, 1.82) is 0 Å². The lowest BCUT2D eigenvalue weighted by molar-refractivity contribution is -0.389. The lowest BCUT2D eigenvalue weighted by atomic mass is 10.2. The normalized spacial score (nSPS) is 11.0. The number of fused-ring (bicyclic) bond motifs is 1. The lowest BCUT2D eigenvalue weighted by Gasteiger charge is -2.05. The van der Waals surface area contributed by atoms with Gasteiger partial charge in [-0.3, -0.25) is 0 Å². The fourth-order valence-electron chi connectivity index (χ4n) is 1.92. The Morgan fingerprint density at radius 2 is 2.24 bits per heavy atom. The highest BCUT2D eigenvalue weighted by Crippen LogP contribution is 2.28. The van der Waals surface area contributed by atoms with E-state index in [9.17, 15) is 18.9 Å². The number of nitro groups is 1. The Bertz CT molecular complexity index is 830. The summed E-state index contributed by atoms with van der Waals surface area (Å²) >= 11 is 1.24. The van der Waals surface area contributed by atoms with Crippen molar-refractivity contribution in [3.63, 3.8) is 0 Å². The minimum atomic E-state index is -0.590. The number of benzene rings is 1. The van der Waals surface area contributed by atoms with Crippen LogP contribution in [0.4, 0.5) is 20.4 Å². The Morgan fingerprint density at radius 3 is 3.00 bits per heavy atom. The molecule has 1 N–H and O–H groups in total. The molecule has 0 aliphatic rings. The van der Waals surface area contributed by atoms with E-state index in [2.05, 4.69) is 10.3 Å². The van der Waals surface area contributed by atoms with Gasteiger partial charge >= 0.3 is 5.82 Å². The molecule has 0 aliphatic heterocycles. The molecule has 0 aliphatic carbocycles. The highest BCUT2D eigenvalue weighted by atomic mass is 32.1. The first-order chi connectivity index (χ1) is 10.1. The molecule has 21 heavy (non-hydrogen) atoms. The molecule has 2 aromatic heterocycles. The summed E-state index contributed by atoms with van der Waals surface area (Å²) in [6.07, 6.45) is 1.53. The monoisotopic (exact) mass is 310 g/mol. The van der Waals surface area contributed by atoms with Crippen LogP contribution in [0.5, 0.6) is 0 Å². The van der Waals surface area contributed by atoms with Crippen molar-refractivity contribution in [1.82, 2.24) is 9.38 Å². The molecule has 3 rings (SSSR count). The summed E-state index contributed by atoms with van der Waals surface area (Å²) in [7, 11) is 0. The minimum absolute atomic E-state index is 0.0236. The van der Waals surface area contributed by atoms with Gasteiger partial charge in [0.25, 0.3) is 4.96 Å². The first kappa shape index (κ1) is 13.4. The number of nitrogens with zero attached hydrogens (tertiary/aromatic N) is 3. The van der Waals surface area contributed by atoms with E-state index >= 15 is 0 Å². The van der Waals surface area contributed by atoms with Gasteiger partial charge in [-0.25, -0.2) is 8.78 Å². The van der Waals surface area contributed by atoms with Crippen molar-refractivity contribution < 1.29 is 13.7 Å². The van der Waals surface area contributed by atoms with Crippen LogP contribution in [0.2, 0.25) is 0 Å². The van der Waals surface area contributed by atoms with Crippen molar-refractivity contribution in [3.05, 3.63) is 57.1 Å². The number of halogens is 2. The van der Waals surface area contributed by atoms with Gasteiger partial charge in [-0.1, -0.05) is 11.3 Å². The first-order valence-electron chi connectivity index (χ1n) is 5.84. The van der Waals surface area contributed by atoms with Gasteiger partial charge in [0.1, 0.15) is 17.8 Å². The van der Waals surface area contributed by atoms with E-state index in [0.717, 1.165) is 18.2 Å². The van der Waals surface area contributed by atoms with Crippen LogP contribution in [-0.2, 0) is 6.54 Å². The zero-order valence-electron chi connectivity index (χ0n) is 10.4. The fraction of sp³-hybridized carbons (Fsp3) is 0.0833. The molecule has 0 unspecified atom stereocenters. The fourth-order valence-corrected chi connectivity index (χ4v) is 2.63. The van der Waals surface area contributed by atoms with Gasteiger partial charge in [0.05, 0.1) is 0 Å². The molecule has 0 fully saturated rings. The number of anilines is 1. The third kappa shape index (κ3) is 2.42. The number of thiazole rings is 1. The van der Waals surface area contributed by atoms with E-state index in [1.807, 2.05) is 0 Å². The van der Waals surface area contributed by atoms with Crippen LogP contribution in [0.3, 0.4) is 0 Å². The van der Waals surface area contributed by atoms with E-state index in [0.29, 0.717) is 4.96 Å². The number of hydrogen-bond acceptors (Lipinski definition) is 5. The van der Waals surface area contributed by atoms with Crippen molar-refractivity contribution in [2.45, 2.75) is 6.54 Å². The van der Waals surface area contributed by atoms with Gasteiger partial charge in [0.2, 0.25) is 5.82 Å². The maximum absolute atomic E-state index is 13.5. The number of hydrogen-bond donors (Lipinski definition) is 1. The molecule has 0 atom stereocenters. The predicted octanol–water partition coefficient (Wildman–Crippen LogP) is 3.19. The van der Waals surface area contributed by atoms with Gasteiger partial charge in [-0.05, 0) is 23.1 Å². The number of rotatable bonds is 4. The highest BCUT2D eigenvalue weighted by Gasteiger charge is 2.23. The maximum atomic E-state index is 13.5. The molecule has 1 aromatic carbocycles. The summed E-state index contributed by atoms with van der Waals surface area (Å²) in [4.78, 5) is 15.1. The zero-order chi connectivity index (χ0) is 15.0. The standard InChI is InChI=1S/C12H8F2N4O2S/c13-8-1-2-9(14)7(5-8)6-15-10-11(18(19)20)17-3-4-21-12(17)16-10/h1-5,15H,6H2. The molecule has 0 saturated carbocycles. The first-order valence-corrected chi connectivity index (χ1v) is 6.72. The molecule has 6 nitrogen and oxygen atoms in total. The second-order valence-electron chi connectivity index (χ2n) is 4.19. The summed E-state index contributed by atoms with van der Waals surface area (Å²) in [5.41, 5.74) is 0.0700. The number of imidazole rings is 1. The minimum Gasteiger partial charge on any atom is -0.359 e. The van der Waals surface area contributed by atoms with Crippen molar-refractivity contribution in [2.75, 3.05) is 5.32 Å². The lowest BCUT2D eigenvalue weighted by Crippen LogP contribution is -2.05. The van der Waals surface area contributed by atoms with Gasteiger partial charge in [-0.2, -0.15) is 9.38 Å². The summed E-state index contributed by atoms with van der Waals surface area (Å²) in [5.74, 6) is -1.38. The van der Waals surface area contributed by atoms with Crippen molar-refractivity contribution in [2.24, 2.45) is 0 Å². The van der Waals surface area contributed by atoms with Crippen LogP contribution < -0.4 is 5.32 Å². The molecule has 9 heteroatoms. The Balaban J connectivity index is 1.91. The average molecular weight is 310 g/mol. The molecule has 108 valence electrons. The number of aromatic nitrogens is 2. The zero-order valence-corrected chi connectivity index (χ0v) is 11.2.